The van der Waals surface area contributed by atoms with Gasteiger partial charge in [-0.15, -0.1) is 11.3 Å². The Labute approximate surface area is 305 Å². The molecule has 8 aromatic carbocycles. The van der Waals surface area contributed by atoms with Crippen LogP contribution < -0.4 is 4.90 Å². The molecule has 0 spiro atoms. The molecular formula is C49H31NOS. The molecule has 0 saturated heterocycles. The SMILES string of the molecule is c1ccc(C2(c3ccccc3)c3ccccc3-c3c(N(c4cccc5oc6ccccc6c45)c4cccc5sc6ccccc6c45)cccc32)cc1. The van der Waals surface area contributed by atoms with Crippen molar-refractivity contribution in [1.82, 2.24) is 0 Å². The van der Waals surface area contributed by atoms with Crippen molar-refractivity contribution in [1.29, 1.82) is 0 Å². The molecule has 1 aliphatic carbocycles. The van der Waals surface area contributed by atoms with Crippen molar-refractivity contribution in [3.8, 4) is 11.1 Å². The molecule has 0 unspecified atom stereocenters. The van der Waals surface area contributed by atoms with Crippen LogP contribution >= 0.6 is 11.3 Å². The summed E-state index contributed by atoms with van der Waals surface area (Å²) in [5.41, 5.74) is 12.2. The van der Waals surface area contributed by atoms with E-state index in [0.29, 0.717) is 0 Å². The van der Waals surface area contributed by atoms with Gasteiger partial charge in [-0.05, 0) is 70.3 Å². The number of hydrogen-bond acceptors (Lipinski definition) is 3. The van der Waals surface area contributed by atoms with Gasteiger partial charge in [0.2, 0.25) is 0 Å². The second-order valence-corrected chi connectivity index (χ2v) is 14.6. The third-order valence-electron chi connectivity index (χ3n) is 10.9. The molecule has 0 N–H and O–H groups in total. The third kappa shape index (κ3) is 4.00. The van der Waals surface area contributed by atoms with E-state index in [1.54, 1.807) is 0 Å². The van der Waals surface area contributed by atoms with E-state index in [2.05, 4.69) is 187 Å². The van der Waals surface area contributed by atoms with Gasteiger partial charge in [0, 0.05) is 31.1 Å². The Morgan fingerprint density at radius 3 is 1.77 bits per heavy atom. The van der Waals surface area contributed by atoms with Crippen molar-refractivity contribution >= 4 is 70.5 Å². The van der Waals surface area contributed by atoms with E-state index in [4.69, 9.17) is 4.42 Å². The molecule has 0 bridgehead atoms. The van der Waals surface area contributed by atoms with Crippen molar-refractivity contribution in [3.05, 3.63) is 210 Å². The lowest BCUT2D eigenvalue weighted by atomic mass is 9.68. The molecule has 11 rings (SSSR count). The lowest BCUT2D eigenvalue weighted by Crippen LogP contribution is -2.28. The molecule has 0 amide bonds. The van der Waals surface area contributed by atoms with Crippen LogP contribution in [0.25, 0.3) is 53.2 Å². The van der Waals surface area contributed by atoms with E-state index in [0.717, 1.165) is 39.0 Å². The highest BCUT2D eigenvalue weighted by molar-refractivity contribution is 7.26. The quantitative estimate of drug-likeness (QED) is 0.180. The number of furan rings is 1. The molecule has 2 nitrogen and oxygen atoms in total. The Bertz CT molecular complexity index is 2820. The highest BCUT2D eigenvalue weighted by Crippen LogP contribution is 2.60. The summed E-state index contributed by atoms with van der Waals surface area (Å²) in [6, 6.07) is 68.5. The number of nitrogens with zero attached hydrogens (tertiary/aromatic N) is 1. The first-order valence-electron chi connectivity index (χ1n) is 17.8. The minimum atomic E-state index is -0.508. The first-order chi connectivity index (χ1) is 25.8. The lowest BCUT2D eigenvalue weighted by molar-refractivity contribution is 0.669. The van der Waals surface area contributed by atoms with Crippen LogP contribution in [0.1, 0.15) is 22.3 Å². The van der Waals surface area contributed by atoms with E-state index in [9.17, 15) is 0 Å². The predicted molar refractivity (Wildman–Crippen MR) is 219 cm³/mol. The largest absolute Gasteiger partial charge is 0.456 e. The maximum Gasteiger partial charge on any atom is 0.137 e. The first-order valence-corrected chi connectivity index (χ1v) is 18.6. The van der Waals surface area contributed by atoms with E-state index >= 15 is 0 Å². The molecular weight excluding hydrogens is 651 g/mol. The first kappa shape index (κ1) is 29.3. The van der Waals surface area contributed by atoms with Gasteiger partial charge in [-0.25, -0.2) is 0 Å². The van der Waals surface area contributed by atoms with Crippen molar-refractivity contribution in [2.24, 2.45) is 0 Å². The Morgan fingerprint density at radius 2 is 0.962 bits per heavy atom. The van der Waals surface area contributed by atoms with E-state index < -0.39 is 5.41 Å². The van der Waals surface area contributed by atoms with Gasteiger partial charge in [0.1, 0.15) is 11.2 Å². The summed E-state index contributed by atoms with van der Waals surface area (Å²) >= 11 is 1.85. The van der Waals surface area contributed by atoms with Gasteiger partial charge >= 0.3 is 0 Å². The van der Waals surface area contributed by atoms with Crippen molar-refractivity contribution in [2.45, 2.75) is 5.41 Å². The molecule has 244 valence electrons. The fourth-order valence-electron chi connectivity index (χ4n) is 8.93. The standard InChI is InChI=1S/C49H31NOS/c1-3-16-32(17-4-1)49(33-18-5-2-6-19-33)37-23-10-7-20-34(37)46-38(49)24-13-25-39(46)50(40-26-14-29-43-47(40)35-21-8-11-28-42(35)51-43)41-27-15-31-45-48(41)36-22-9-12-30-44(36)52-45/h1-31H. The van der Waals surface area contributed by atoms with E-state index in [1.807, 2.05) is 17.4 Å². The van der Waals surface area contributed by atoms with Gasteiger partial charge in [-0.1, -0.05) is 146 Å². The fourth-order valence-corrected chi connectivity index (χ4v) is 10.1. The number of anilines is 3. The van der Waals surface area contributed by atoms with Crippen LogP contribution in [-0.4, -0.2) is 0 Å². The number of para-hydroxylation sites is 1. The second kappa shape index (κ2) is 11.3. The van der Waals surface area contributed by atoms with Crippen molar-refractivity contribution in [3.63, 3.8) is 0 Å². The Kier molecular flexibility index (Phi) is 6.37. The molecule has 0 atom stereocenters. The zero-order valence-electron chi connectivity index (χ0n) is 28.2. The smallest absolute Gasteiger partial charge is 0.137 e. The number of thiophene rings is 1. The maximum atomic E-state index is 6.53. The molecule has 1 aliphatic rings. The Hall–Kier alpha value is -6.42. The molecule has 3 heteroatoms. The summed E-state index contributed by atoms with van der Waals surface area (Å²) in [6.07, 6.45) is 0. The van der Waals surface area contributed by atoms with Crippen molar-refractivity contribution in [2.75, 3.05) is 4.90 Å². The van der Waals surface area contributed by atoms with Crippen molar-refractivity contribution < 1.29 is 4.42 Å². The molecule has 2 heterocycles. The number of benzene rings is 8. The van der Waals surface area contributed by atoms with Crippen LogP contribution in [0.5, 0.6) is 0 Å². The summed E-state index contributed by atoms with van der Waals surface area (Å²) in [4.78, 5) is 2.52. The molecule has 0 aliphatic heterocycles. The minimum Gasteiger partial charge on any atom is -0.456 e. The summed E-state index contributed by atoms with van der Waals surface area (Å²) in [7, 11) is 0. The average Bonchev–Trinajstić information content (AvgIpc) is 3.88. The maximum absolute atomic E-state index is 6.53. The van der Waals surface area contributed by atoms with Crippen LogP contribution in [0.2, 0.25) is 0 Å². The average molecular weight is 682 g/mol. The predicted octanol–water partition coefficient (Wildman–Crippen LogP) is 13.8. The number of rotatable bonds is 5. The molecule has 0 radical (unpaired) electrons. The normalized spacial score (nSPS) is 13.2. The molecule has 10 aromatic rings. The van der Waals surface area contributed by atoms with Crippen LogP contribution in [0, 0.1) is 0 Å². The Balaban J connectivity index is 1.31. The highest BCUT2D eigenvalue weighted by Gasteiger charge is 2.47. The monoisotopic (exact) mass is 681 g/mol. The van der Waals surface area contributed by atoms with E-state index in [-0.39, 0.29) is 0 Å². The summed E-state index contributed by atoms with van der Waals surface area (Å²) in [5, 5.41) is 4.74. The highest BCUT2D eigenvalue weighted by atomic mass is 32.1. The lowest BCUT2D eigenvalue weighted by Gasteiger charge is -2.34. The summed E-state index contributed by atoms with van der Waals surface area (Å²) in [6.45, 7) is 0. The molecule has 52 heavy (non-hydrogen) atoms. The Morgan fingerprint density at radius 1 is 0.404 bits per heavy atom. The van der Waals surface area contributed by atoms with Crippen LogP contribution in [0.3, 0.4) is 0 Å². The van der Waals surface area contributed by atoms with Gasteiger partial charge in [-0.3, -0.25) is 0 Å². The van der Waals surface area contributed by atoms with E-state index in [1.165, 1.54) is 53.6 Å². The van der Waals surface area contributed by atoms with Crippen LogP contribution in [0.4, 0.5) is 17.1 Å². The number of hydrogen-bond donors (Lipinski definition) is 0. The van der Waals surface area contributed by atoms with Gasteiger partial charge < -0.3 is 9.32 Å². The topological polar surface area (TPSA) is 16.4 Å². The zero-order chi connectivity index (χ0) is 34.2. The molecule has 2 aromatic heterocycles. The third-order valence-corrected chi connectivity index (χ3v) is 12.1. The summed E-state index contributed by atoms with van der Waals surface area (Å²) in [5.74, 6) is 0. The van der Waals surface area contributed by atoms with Crippen LogP contribution in [-0.2, 0) is 5.41 Å². The van der Waals surface area contributed by atoms with Gasteiger partial charge in [-0.2, -0.15) is 0 Å². The summed E-state index contributed by atoms with van der Waals surface area (Å²) < 4.78 is 9.08. The molecule has 0 saturated carbocycles. The fraction of sp³-hybridized carbons (Fsp3) is 0.0204. The minimum absolute atomic E-state index is 0.508. The second-order valence-electron chi connectivity index (χ2n) is 13.6. The van der Waals surface area contributed by atoms with Crippen LogP contribution in [0.15, 0.2) is 192 Å². The number of fused-ring (bicyclic) bond motifs is 9. The zero-order valence-corrected chi connectivity index (χ0v) is 29.0. The van der Waals surface area contributed by atoms with Gasteiger partial charge in [0.15, 0.2) is 0 Å². The van der Waals surface area contributed by atoms with Gasteiger partial charge in [0.05, 0.1) is 27.9 Å². The van der Waals surface area contributed by atoms with Gasteiger partial charge in [0.25, 0.3) is 0 Å². The molecule has 0 fully saturated rings.